The van der Waals surface area contributed by atoms with Crippen LogP contribution in [0.5, 0.6) is 0 Å². The van der Waals surface area contributed by atoms with Crippen molar-refractivity contribution in [2.75, 3.05) is 0 Å². The van der Waals surface area contributed by atoms with E-state index in [9.17, 15) is 0 Å². The van der Waals surface area contributed by atoms with Crippen molar-refractivity contribution < 1.29 is 0 Å². The van der Waals surface area contributed by atoms with E-state index in [-0.39, 0.29) is 0 Å². The summed E-state index contributed by atoms with van der Waals surface area (Å²) in [6, 6.07) is 0. The summed E-state index contributed by atoms with van der Waals surface area (Å²) in [4.78, 5) is 0. The van der Waals surface area contributed by atoms with E-state index in [0.717, 1.165) is 25.7 Å². The normalized spacial score (nSPS) is 9.87. The van der Waals surface area contributed by atoms with Crippen LogP contribution in [0, 0.1) is 22.9 Å². The summed E-state index contributed by atoms with van der Waals surface area (Å²) in [6.07, 6.45) is 6.63. The van der Waals surface area contributed by atoms with Gasteiger partial charge in [-0.2, -0.15) is 0 Å². The fourth-order valence-electron chi connectivity index (χ4n) is 1.02. The van der Waals surface area contributed by atoms with Crippen molar-refractivity contribution in [2.24, 2.45) is 0 Å². The minimum absolute atomic E-state index is 0.961. The van der Waals surface area contributed by atoms with E-state index < -0.39 is 7.38 Å². The summed E-state index contributed by atoms with van der Waals surface area (Å²) in [6.45, 7) is 6.35. The third kappa shape index (κ3) is 9.92. The Bertz CT molecular complexity index is 244. The van der Waals surface area contributed by atoms with Gasteiger partial charge in [-0.05, 0) is 19.4 Å². The molecule has 0 saturated heterocycles. The molecule has 84 valence electrons. The lowest BCUT2D eigenvalue weighted by atomic mass is 10.3. The second kappa shape index (κ2) is 8.90. The Labute approximate surface area is 101 Å². The lowest BCUT2D eigenvalue weighted by molar-refractivity contribution is 0.828. The zero-order valence-corrected chi connectivity index (χ0v) is 11.9. The predicted octanol–water partition coefficient (Wildman–Crippen LogP) is 4.27. The molecule has 0 unspecified atom stereocenters. The van der Waals surface area contributed by atoms with Gasteiger partial charge in [0, 0.05) is 12.8 Å². The van der Waals surface area contributed by atoms with Crippen molar-refractivity contribution in [1.82, 2.24) is 0 Å². The van der Waals surface area contributed by atoms with Gasteiger partial charge in [0.1, 0.15) is 0 Å². The van der Waals surface area contributed by atoms with Gasteiger partial charge in [0.15, 0.2) is 0 Å². The van der Waals surface area contributed by atoms with Gasteiger partial charge in [0.25, 0.3) is 0 Å². The number of rotatable bonds is 4. The SMILES string of the molecule is CCCCC#C[Si](C)(Cl)C#CCCCC. The minimum Gasteiger partial charge on any atom is -0.133 e. The van der Waals surface area contributed by atoms with Crippen molar-refractivity contribution >= 4 is 18.5 Å². The molecule has 0 amide bonds. The molecule has 0 aromatic rings. The molecule has 2 heteroatoms. The van der Waals surface area contributed by atoms with Crippen LogP contribution in [0.1, 0.15) is 52.4 Å². The third-order valence-electron chi connectivity index (χ3n) is 1.96. The molecule has 0 aliphatic rings. The van der Waals surface area contributed by atoms with E-state index in [1.54, 1.807) is 0 Å². The van der Waals surface area contributed by atoms with Gasteiger partial charge in [-0.15, -0.1) is 22.9 Å². The second-order valence-corrected chi connectivity index (χ2v) is 8.59. The van der Waals surface area contributed by atoms with Crippen molar-refractivity contribution in [2.45, 2.75) is 58.9 Å². The Balaban J connectivity index is 4.01. The van der Waals surface area contributed by atoms with Gasteiger partial charge >= 0.3 is 7.38 Å². The largest absolute Gasteiger partial charge is 0.304 e. The van der Waals surface area contributed by atoms with E-state index >= 15 is 0 Å². The molecule has 0 heterocycles. The first-order chi connectivity index (χ1) is 7.12. The average Bonchev–Trinajstić information content (AvgIpc) is 2.20. The molecule has 0 aromatic carbocycles. The van der Waals surface area contributed by atoms with Crippen molar-refractivity contribution in [3.8, 4) is 22.9 Å². The number of halogens is 1. The summed E-state index contributed by atoms with van der Waals surface area (Å²) < 4.78 is 0. The Hall–Kier alpha value is -0.373. The smallest absolute Gasteiger partial charge is 0.133 e. The van der Waals surface area contributed by atoms with Crippen molar-refractivity contribution in [3.05, 3.63) is 0 Å². The van der Waals surface area contributed by atoms with Crippen LogP contribution in [0.4, 0.5) is 0 Å². The Morgan fingerprint density at radius 3 is 1.67 bits per heavy atom. The van der Waals surface area contributed by atoms with Crippen LogP contribution in [0.2, 0.25) is 6.55 Å². The highest BCUT2D eigenvalue weighted by molar-refractivity contribution is 7.28. The van der Waals surface area contributed by atoms with Crippen LogP contribution in [0.3, 0.4) is 0 Å². The molecular weight excluding hydrogens is 220 g/mol. The molecule has 0 nitrogen and oxygen atoms in total. The number of unbranched alkanes of at least 4 members (excludes halogenated alkanes) is 4. The predicted molar refractivity (Wildman–Crippen MR) is 72.1 cm³/mol. The maximum absolute atomic E-state index is 6.29. The minimum atomic E-state index is -2.05. The zero-order valence-electron chi connectivity index (χ0n) is 10.1. The zero-order chi connectivity index (χ0) is 11.6. The Morgan fingerprint density at radius 1 is 0.933 bits per heavy atom. The van der Waals surface area contributed by atoms with E-state index in [0.29, 0.717) is 0 Å². The van der Waals surface area contributed by atoms with Crippen LogP contribution in [0.25, 0.3) is 0 Å². The van der Waals surface area contributed by atoms with E-state index in [4.69, 9.17) is 11.1 Å². The van der Waals surface area contributed by atoms with Crippen molar-refractivity contribution in [3.63, 3.8) is 0 Å². The molecule has 0 aliphatic carbocycles. The van der Waals surface area contributed by atoms with Gasteiger partial charge in [0.2, 0.25) is 0 Å². The summed E-state index contributed by atoms with van der Waals surface area (Å²) in [5.74, 6) is 6.29. The van der Waals surface area contributed by atoms with Crippen LogP contribution >= 0.6 is 11.1 Å². The van der Waals surface area contributed by atoms with Gasteiger partial charge < -0.3 is 0 Å². The second-order valence-electron chi connectivity index (χ2n) is 3.81. The van der Waals surface area contributed by atoms with Crippen LogP contribution < -0.4 is 0 Å². The van der Waals surface area contributed by atoms with E-state index in [2.05, 4.69) is 36.8 Å². The highest BCUT2D eigenvalue weighted by atomic mass is 35.6. The molecule has 0 rings (SSSR count). The molecule has 0 saturated carbocycles. The van der Waals surface area contributed by atoms with E-state index in [1.165, 1.54) is 12.8 Å². The first-order valence-corrected chi connectivity index (χ1v) is 9.32. The van der Waals surface area contributed by atoms with Crippen molar-refractivity contribution in [1.29, 1.82) is 0 Å². The van der Waals surface area contributed by atoms with Crippen LogP contribution in [-0.2, 0) is 0 Å². The fourth-order valence-corrected chi connectivity index (χ4v) is 2.40. The van der Waals surface area contributed by atoms with Crippen LogP contribution in [0.15, 0.2) is 0 Å². The maximum atomic E-state index is 6.29. The van der Waals surface area contributed by atoms with Gasteiger partial charge in [0.05, 0.1) is 0 Å². The molecule has 0 spiro atoms. The molecule has 0 fully saturated rings. The lowest BCUT2D eigenvalue weighted by Gasteiger charge is -2.00. The highest BCUT2D eigenvalue weighted by Crippen LogP contribution is 2.06. The summed E-state index contributed by atoms with van der Waals surface area (Å²) >= 11 is 6.29. The molecule has 0 aromatic heterocycles. The summed E-state index contributed by atoms with van der Waals surface area (Å²) in [5, 5.41) is 0. The topological polar surface area (TPSA) is 0 Å². The third-order valence-corrected chi connectivity index (χ3v) is 3.82. The molecule has 0 aliphatic heterocycles. The molecule has 0 atom stereocenters. The maximum Gasteiger partial charge on any atom is 0.304 e. The highest BCUT2D eigenvalue weighted by Gasteiger charge is 2.17. The first kappa shape index (κ1) is 14.6. The number of hydrogen-bond donors (Lipinski definition) is 0. The number of hydrogen-bond acceptors (Lipinski definition) is 0. The molecule has 0 bridgehead atoms. The van der Waals surface area contributed by atoms with Gasteiger partial charge in [-0.1, -0.05) is 37.8 Å². The Kier molecular flexibility index (Phi) is 8.68. The monoisotopic (exact) mass is 240 g/mol. The molecule has 0 N–H and O–H groups in total. The van der Waals surface area contributed by atoms with Gasteiger partial charge in [-0.3, -0.25) is 0 Å². The fraction of sp³-hybridized carbons (Fsp3) is 0.692. The van der Waals surface area contributed by atoms with Crippen LogP contribution in [-0.4, -0.2) is 7.38 Å². The molecular formula is C13H21ClSi. The summed E-state index contributed by atoms with van der Waals surface area (Å²) in [5.41, 5.74) is 6.30. The average molecular weight is 241 g/mol. The standard InChI is InChI=1S/C13H21ClSi/c1-4-6-8-10-12-15(3,14)13-11-9-7-5-2/h4-9H2,1-3H3. The molecule has 15 heavy (non-hydrogen) atoms. The van der Waals surface area contributed by atoms with E-state index in [1.807, 2.05) is 6.55 Å². The quantitative estimate of drug-likeness (QED) is 0.298. The molecule has 0 radical (unpaired) electrons. The lowest BCUT2D eigenvalue weighted by Crippen LogP contribution is -2.17. The Morgan fingerprint density at radius 2 is 1.33 bits per heavy atom. The summed E-state index contributed by atoms with van der Waals surface area (Å²) in [7, 11) is -2.05. The first-order valence-electron chi connectivity index (χ1n) is 5.81. The van der Waals surface area contributed by atoms with Gasteiger partial charge in [-0.25, -0.2) is 0 Å².